The third-order valence-corrected chi connectivity index (χ3v) is 4.44. The first-order valence-corrected chi connectivity index (χ1v) is 9.51. The summed E-state index contributed by atoms with van der Waals surface area (Å²) >= 11 is 0. The van der Waals surface area contributed by atoms with E-state index in [4.69, 9.17) is 15.9 Å². The maximum Gasteiger partial charge on any atom is 0.267 e. The Hall–Kier alpha value is -3.92. The van der Waals surface area contributed by atoms with Crippen LogP contribution in [-0.4, -0.2) is 24.2 Å². The molecule has 2 N–H and O–H groups in total. The van der Waals surface area contributed by atoms with E-state index in [2.05, 4.69) is 11.2 Å². The Kier molecular flexibility index (Phi) is 7.55. The Bertz CT molecular complexity index is 984. The fourth-order valence-electron chi connectivity index (χ4n) is 2.77. The topological polar surface area (TPSA) is 84.9 Å². The Morgan fingerprint density at radius 2 is 1.26 bits per heavy atom. The molecule has 6 nitrogen and oxygen atoms in total. The number of nitrogens with one attached hydrogen (secondary N) is 1. The molecule has 0 saturated heterocycles. The summed E-state index contributed by atoms with van der Waals surface area (Å²) in [5.74, 6) is 3.44. The molecule has 0 aliphatic carbocycles. The van der Waals surface area contributed by atoms with Crippen molar-refractivity contribution in [3.8, 4) is 23.8 Å². The number of ether oxygens (including phenoxy) is 2. The fourth-order valence-corrected chi connectivity index (χ4v) is 2.77. The van der Waals surface area contributed by atoms with Crippen LogP contribution in [0, 0.1) is 12.3 Å². The minimum atomic E-state index is -0.892. The largest absolute Gasteiger partial charge is 0.451 e. The van der Waals surface area contributed by atoms with Gasteiger partial charge in [-0.2, -0.15) is 0 Å². The predicted molar refractivity (Wildman–Crippen MR) is 116 cm³/mol. The van der Waals surface area contributed by atoms with Crippen LogP contribution in [-0.2, 0) is 0 Å². The van der Waals surface area contributed by atoms with Crippen LogP contribution >= 0.6 is 0 Å². The molecular weight excluding hydrogens is 394 g/mol. The monoisotopic (exact) mass is 415 g/mol. The molecule has 0 heterocycles. The Balaban J connectivity index is 1.83. The van der Waals surface area contributed by atoms with Crippen molar-refractivity contribution in [2.45, 2.75) is 12.5 Å². The van der Waals surface area contributed by atoms with Gasteiger partial charge in [-0.25, -0.2) is 0 Å². The highest BCUT2D eigenvalue weighted by atomic mass is 16.7. The van der Waals surface area contributed by atoms with E-state index in [0.29, 0.717) is 33.8 Å². The first-order valence-electron chi connectivity index (χ1n) is 9.51. The lowest BCUT2D eigenvalue weighted by Crippen LogP contribution is -2.21. The molecule has 3 rings (SSSR count). The van der Waals surface area contributed by atoms with Gasteiger partial charge in [-0.05, 0) is 54.1 Å². The number of hydrogen-bond acceptors (Lipinski definition) is 6. The summed E-state index contributed by atoms with van der Waals surface area (Å²) in [7, 11) is 0. The first kappa shape index (κ1) is 21.8. The zero-order chi connectivity index (χ0) is 22.1. The highest BCUT2D eigenvalue weighted by Gasteiger charge is 2.17. The summed E-state index contributed by atoms with van der Waals surface area (Å²) in [6.45, 7) is 0.241. The molecule has 156 valence electrons. The molecule has 0 saturated carbocycles. The van der Waals surface area contributed by atoms with Gasteiger partial charge in [0.15, 0.2) is 0 Å². The van der Waals surface area contributed by atoms with Crippen LogP contribution in [0.5, 0.6) is 11.5 Å². The van der Waals surface area contributed by atoms with Gasteiger partial charge in [-0.1, -0.05) is 30.2 Å². The predicted octanol–water partition coefficient (Wildman–Crippen LogP) is 3.68. The van der Waals surface area contributed by atoms with Crippen LogP contribution in [0.25, 0.3) is 0 Å². The van der Waals surface area contributed by atoms with Crippen molar-refractivity contribution < 1.29 is 24.2 Å². The van der Waals surface area contributed by atoms with Gasteiger partial charge in [0.25, 0.3) is 6.29 Å². The average Bonchev–Trinajstić information content (AvgIpc) is 2.83. The number of rotatable bonds is 10. The summed E-state index contributed by atoms with van der Waals surface area (Å²) in [4.78, 5) is 21.8. The number of aliphatic hydroxyl groups excluding tert-OH is 1. The summed E-state index contributed by atoms with van der Waals surface area (Å²) in [6.07, 6.45) is 5.01. The Labute approximate surface area is 180 Å². The van der Waals surface area contributed by atoms with Crippen molar-refractivity contribution in [1.82, 2.24) is 5.32 Å². The number of aldehydes is 2. The molecule has 0 radical (unpaired) electrons. The molecule has 3 aromatic rings. The highest BCUT2D eigenvalue weighted by Crippen LogP contribution is 2.27. The molecule has 0 amide bonds. The zero-order valence-electron chi connectivity index (χ0n) is 16.6. The van der Waals surface area contributed by atoms with Gasteiger partial charge < -0.3 is 14.6 Å². The summed E-state index contributed by atoms with van der Waals surface area (Å²) in [5, 5.41) is 12.9. The van der Waals surface area contributed by atoms with Crippen molar-refractivity contribution in [2.24, 2.45) is 0 Å². The second-order valence-electron chi connectivity index (χ2n) is 6.60. The van der Waals surface area contributed by atoms with Gasteiger partial charge in [0, 0.05) is 16.7 Å². The van der Waals surface area contributed by atoms with E-state index in [-0.39, 0.29) is 6.54 Å². The van der Waals surface area contributed by atoms with Crippen molar-refractivity contribution >= 4 is 12.6 Å². The van der Waals surface area contributed by atoms with Crippen LogP contribution in [0.4, 0.5) is 0 Å². The van der Waals surface area contributed by atoms with E-state index >= 15 is 0 Å². The lowest BCUT2D eigenvalue weighted by atomic mass is 10.1. The van der Waals surface area contributed by atoms with E-state index < -0.39 is 12.5 Å². The van der Waals surface area contributed by atoms with Crippen LogP contribution < -0.4 is 14.8 Å². The first-order chi connectivity index (χ1) is 15.1. The number of terminal acetylenes is 1. The molecule has 31 heavy (non-hydrogen) atoms. The number of hydrogen-bond donors (Lipinski definition) is 2. The van der Waals surface area contributed by atoms with Crippen molar-refractivity contribution in [3.05, 3.63) is 95.1 Å². The standard InChI is InChI=1S/C25H21NO5/c1-2-15-26-24(29)20-7-9-21(10-8-20)25(30-22-11-3-18(16-27)4-12-22)31-23-13-5-19(17-28)6-14-23/h1,3-14,16-17,24-26,29H,15H2. The molecule has 0 aliphatic rings. The van der Waals surface area contributed by atoms with Crippen LogP contribution in [0.15, 0.2) is 72.8 Å². The van der Waals surface area contributed by atoms with Crippen molar-refractivity contribution in [1.29, 1.82) is 0 Å². The van der Waals surface area contributed by atoms with E-state index in [1.54, 1.807) is 72.8 Å². The van der Waals surface area contributed by atoms with E-state index in [1.807, 2.05) is 0 Å². The highest BCUT2D eigenvalue weighted by molar-refractivity contribution is 5.75. The zero-order valence-corrected chi connectivity index (χ0v) is 16.6. The molecule has 0 spiro atoms. The van der Waals surface area contributed by atoms with Crippen LogP contribution in [0.2, 0.25) is 0 Å². The van der Waals surface area contributed by atoms with Gasteiger partial charge in [-0.3, -0.25) is 14.9 Å². The second kappa shape index (κ2) is 10.7. The van der Waals surface area contributed by atoms with E-state index in [1.165, 1.54) is 0 Å². The SMILES string of the molecule is C#CCNC(O)c1ccc(C(Oc2ccc(C=O)cc2)Oc2ccc(C=O)cc2)cc1. The molecule has 6 heteroatoms. The third kappa shape index (κ3) is 6.03. The Morgan fingerprint density at radius 1 is 0.806 bits per heavy atom. The van der Waals surface area contributed by atoms with E-state index in [0.717, 1.165) is 12.6 Å². The third-order valence-electron chi connectivity index (χ3n) is 4.44. The maximum absolute atomic E-state index is 10.9. The van der Waals surface area contributed by atoms with Gasteiger partial charge in [0.05, 0.1) is 6.54 Å². The van der Waals surface area contributed by atoms with Crippen molar-refractivity contribution in [3.63, 3.8) is 0 Å². The van der Waals surface area contributed by atoms with Crippen LogP contribution in [0.1, 0.15) is 44.4 Å². The van der Waals surface area contributed by atoms with E-state index in [9.17, 15) is 14.7 Å². The second-order valence-corrected chi connectivity index (χ2v) is 6.60. The quantitative estimate of drug-likeness (QED) is 0.299. The molecule has 3 aromatic carbocycles. The van der Waals surface area contributed by atoms with Crippen molar-refractivity contribution in [2.75, 3.05) is 6.54 Å². The minimum Gasteiger partial charge on any atom is -0.451 e. The normalized spacial score (nSPS) is 11.4. The lowest BCUT2D eigenvalue weighted by molar-refractivity contribution is 0.00374. The average molecular weight is 415 g/mol. The van der Waals surface area contributed by atoms with Crippen LogP contribution in [0.3, 0.4) is 0 Å². The summed E-state index contributed by atoms with van der Waals surface area (Å²) in [5.41, 5.74) is 2.41. The molecule has 1 unspecified atom stereocenters. The maximum atomic E-state index is 10.9. The fraction of sp³-hybridized carbons (Fsp3) is 0.120. The summed E-state index contributed by atoms with van der Waals surface area (Å²) in [6, 6.07) is 20.3. The van der Waals surface area contributed by atoms with Gasteiger partial charge >= 0.3 is 0 Å². The summed E-state index contributed by atoms with van der Waals surface area (Å²) < 4.78 is 12.0. The Morgan fingerprint density at radius 3 is 1.68 bits per heavy atom. The van der Waals surface area contributed by atoms with Gasteiger partial charge in [-0.15, -0.1) is 6.42 Å². The van der Waals surface area contributed by atoms with Gasteiger partial charge in [0.1, 0.15) is 30.3 Å². The van der Waals surface area contributed by atoms with Gasteiger partial charge in [0.2, 0.25) is 0 Å². The lowest BCUT2D eigenvalue weighted by Gasteiger charge is -2.22. The molecule has 0 aliphatic heterocycles. The molecule has 0 aromatic heterocycles. The number of carbonyl (C=O) groups is 2. The molecule has 0 bridgehead atoms. The molecule has 1 atom stereocenters. The minimum absolute atomic E-state index is 0.241. The molecular formula is C25H21NO5. The number of carbonyl (C=O) groups excluding carboxylic acids is 2. The smallest absolute Gasteiger partial charge is 0.267 e. The number of benzene rings is 3. The number of aliphatic hydroxyl groups is 1. The molecule has 0 fully saturated rings.